The van der Waals surface area contributed by atoms with Crippen LogP contribution in [0.2, 0.25) is 5.02 Å². The average Bonchev–Trinajstić information content (AvgIpc) is 3.14. The number of esters is 1. The van der Waals surface area contributed by atoms with Crippen LogP contribution in [0.1, 0.15) is 12.3 Å². The standard InChI is InChI=1S/C17H19ClN4O6/c1-26-9-8-19-17(25)20-13(23)10-27-15(24)7-6-14-21-16(22-28-14)11-2-4-12(18)5-3-11/h2-5H,6-10H2,1H3,(H2,19,20,23,25). The number of hydrogen-bond donors (Lipinski definition) is 2. The maximum Gasteiger partial charge on any atom is 0.321 e. The zero-order chi connectivity index (χ0) is 20.4. The van der Waals surface area contributed by atoms with E-state index in [2.05, 4.69) is 15.5 Å². The van der Waals surface area contributed by atoms with Crippen molar-refractivity contribution in [2.24, 2.45) is 0 Å². The van der Waals surface area contributed by atoms with Crippen molar-refractivity contribution in [3.63, 3.8) is 0 Å². The third kappa shape index (κ3) is 7.33. The lowest BCUT2D eigenvalue weighted by atomic mass is 10.2. The first-order chi connectivity index (χ1) is 13.5. The molecular formula is C17H19ClN4O6. The maximum absolute atomic E-state index is 11.7. The highest BCUT2D eigenvalue weighted by atomic mass is 35.5. The smallest absolute Gasteiger partial charge is 0.321 e. The number of urea groups is 1. The average molecular weight is 411 g/mol. The zero-order valence-corrected chi connectivity index (χ0v) is 15.8. The van der Waals surface area contributed by atoms with E-state index >= 15 is 0 Å². The van der Waals surface area contributed by atoms with Crippen molar-refractivity contribution in [3.05, 3.63) is 35.2 Å². The number of rotatable bonds is 9. The minimum absolute atomic E-state index is 0.0600. The Kier molecular flexibility index (Phi) is 8.37. The van der Waals surface area contributed by atoms with Gasteiger partial charge >= 0.3 is 12.0 Å². The van der Waals surface area contributed by atoms with Gasteiger partial charge in [-0.05, 0) is 24.3 Å². The molecule has 150 valence electrons. The lowest BCUT2D eigenvalue weighted by Crippen LogP contribution is -2.42. The largest absolute Gasteiger partial charge is 0.456 e. The summed E-state index contributed by atoms with van der Waals surface area (Å²) in [7, 11) is 1.48. The molecule has 0 radical (unpaired) electrons. The molecule has 0 spiro atoms. The Hall–Kier alpha value is -2.98. The van der Waals surface area contributed by atoms with Crippen LogP contribution in [0.15, 0.2) is 28.8 Å². The van der Waals surface area contributed by atoms with Gasteiger partial charge in [0.15, 0.2) is 6.61 Å². The summed E-state index contributed by atoms with van der Waals surface area (Å²) in [6.07, 6.45) is 0.0914. The number of nitrogens with one attached hydrogen (secondary N) is 2. The third-order valence-corrected chi connectivity index (χ3v) is 3.57. The van der Waals surface area contributed by atoms with Crippen molar-refractivity contribution in [2.45, 2.75) is 12.8 Å². The van der Waals surface area contributed by atoms with Crippen LogP contribution in [-0.2, 0) is 25.5 Å². The van der Waals surface area contributed by atoms with Crippen molar-refractivity contribution in [1.82, 2.24) is 20.8 Å². The molecule has 0 atom stereocenters. The second-order valence-electron chi connectivity index (χ2n) is 5.48. The summed E-state index contributed by atoms with van der Waals surface area (Å²) >= 11 is 5.83. The molecule has 2 aromatic rings. The molecular weight excluding hydrogens is 392 g/mol. The molecule has 0 unspecified atom stereocenters. The molecule has 1 aromatic heterocycles. The fourth-order valence-electron chi connectivity index (χ4n) is 1.97. The van der Waals surface area contributed by atoms with Crippen molar-refractivity contribution in [3.8, 4) is 11.4 Å². The Balaban J connectivity index is 1.69. The quantitative estimate of drug-likeness (QED) is 0.467. The number of benzene rings is 1. The molecule has 0 aliphatic rings. The molecule has 11 heteroatoms. The van der Waals surface area contributed by atoms with Gasteiger partial charge in [-0.1, -0.05) is 16.8 Å². The minimum atomic E-state index is -0.744. The first kappa shape index (κ1) is 21.3. The number of carbonyl (C=O) groups excluding carboxylic acids is 3. The van der Waals surface area contributed by atoms with Gasteiger partial charge in [-0.3, -0.25) is 14.9 Å². The Morgan fingerprint density at radius 2 is 1.96 bits per heavy atom. The van der Waals surface area contributed by atoms with Crippen LogP contribution >= 0.6 is 11.6 Å². The number of halogens is 1. The molecule has 0 saturated heterocycles. The van der Waals surface area contributed by atoms with Gasteiger partial charge in [0, 0.05) is 30.7 Å². The Bertz CT molecular complexity index is 808. The van der Waals surface area contributed by atoms with Crippen LogP contribution in [0, 0.1) is 0 Å². The topological polar surface area (TPSA) is 133 Å². The van der Waals surface area contributed by atoms with Gasteiger partial charge in [-0.2, -0.15) is 4.98 Å². The van der Waals surface area contributed by atoms with Crippen LogP contribution in [0.3, 0.4) is 0 Å². The summed E-state index contributed by atoms with van der Waals surface area (Å²) in [6.45, 7) is -0.0139. The van der Waals surface area contributed by atoms with E-state index in [9.17, 15) is 14.4 Å². The highest BCUT2D eigenvalue weighted by molar-refractivity contribution is 6.30. The number of ether oxygens (including phenoxy) is 2. The first-order valence-electron chi connectivity index (χ1n) is 8.28. The number of hydrogen-bond acceptors (Lipinski definition) is 8. The molecule has 3 amide bonds. The van der Waals surface area contributed by atoms with Crippen LogP contribution < -0.4 is 10.6 Å². The van der Waals surface area contributed by atoms with Gasteiger partial charge in [-0.25, -0.2) is 4.79 Å². The van der Waals surface area contributed by atoms with E-state index in [1.54, 1.807) is 24.3 Å². The van der Waals surface area contributed by atoms with Gasteiger partial charge in [0.25, 0.3) is 5.91 Å². The Morgan fingerprint density at radius 1 is 1.21 bits per heavy atom. The van der Waals surface area contributed by atoms with Crippen LogP contribution in [0.5, 0.6) is 0 Å². The lowest BCUT2D eigenvalue weighted by molar-refractivity contribution is -0.148. The van der Waals surface area contributed by atoms with Crippen molar-refractivity contribution < 1.29 is 28.4 Å². The molecule has 1 heterocycles. The van der Waals surface area contributed by atoms with Gasteiger partial charge in [0.1, 0.15) is 0 Å². The number of aromatic nitrogens is 2. The van der Waals surface area contributed by atoms with Crippen molar-refractivity contribution in [1.29, 1.82) is 0 Å². The summed E-state index contributed by atoms with van der Waals surface area (Å²) in [5.74, 6) is -0.755. The number of amides is 3. The van der Waals surface area contributed by atoms with E-state index in [4.69, 9.17) is 25.6 Å². The summed E-state index contributed by atoms with van der Waals surface area (Å²) in [6, 6.07) is 6.20. The number of imide groups is 1. The Labute approximate surface area is 165 Å². The van der Waals surface area contributed by atoms with E-state index in [0.717, 1.165) is 5.56 Å². The molecule has 28 heavy (non-hydrogen) atoms. The van der Waals surface area contributed by atoms with E-state index in [1.807, 2.05) is 5.32 Å². The van der Waals surface area contributed by atoms with Crippen LogP contribution in [0.25, 0.3) is 11.4 Å². The van der Waals surface area contributed by atoms with E-state index < -0.39 is 24.5 Å². The second kappa shape index (κ2) is 11.0. The summed E-state index contributed by atoms with van der Waals surface area (Å²) in [5.41, 5.74) is 0.724. The maximum atomic E-state index is 11.7. The lowest BCUT2D eigenvalue weighted by Gasteiger charge is -2.06. The number of nitrogens with zero attached hydrogens (tertiary/aromatic N) is 2. The number of aryl methyl sites for hydroxylation is 1. The van der Waals surface area contributed by atoms with Crippen LogP contribution in [0.4, 0.5) is 4.79 Å². The zero-order valence-electron chi connectivity index (χ0n) is 15.1. The third-order valence-electron chi connectivity index (χ3n) is 3.32. The predicted octanol–water partition coefficient (Wildman–Crippen LogP) is 1.34. The minimum Gasteiger partial charge on any atom is -0.456 e. The molecule has 2 N–H and O–H groups in total. The van der Waals surface area contributed by atoms with E-state index in [1.165, 1.54) is 7.11 Å². The van der Waals surface area contributed by atoms with Gasteiger partial charge < -0.3 is 19.3 Å². The molecule has 0 bridgehead atoms. The molecule has 0 fully saturated rings. The van der Waals surface area contributed by atoms with E-state index in [0.29, 0.717) is 17.5 Å². The van der Waals surface area contributed by atoms with E-state index in [-0.39, 0.29) is 25.3 Å². The Morgan fingerprint density at radius 3 is 2.68 bits per heavy atom. The van der Waals surface area contributed by atoms with Gasteiger partial charge in [0.2, 0.25) is 11.7 Å². The van der Waals surface area contributed by atoms with Crippen molar-refractivity contribution in [2.75, 3.05) is 26.9 Å². The number of methoxy groups -OCH3 is 1. The highest BCUT2D eigenvalue weighted by Crippen LogP contribution is 2.19. The van der Waals surface area contributed by atoms with Gasteiger partial charge in [0.05, 0.1) is 13.0 Å². The molecule has 0 aliphatic carbocycles. The molecule has 10 nitrogen and oxygen atoms in total. The fraction of sp³-hybridized carbons (Fsp3) is 0.353. The molecule has 1 aromatic carbocycles. The highest BCUT2D eigenvalue weighted by Gasteiger charge is 2.13. The fourth-order valence-corrected chi connectivity index (χ4v) is 2.10. The summed E-state index contributed by atoms with van der Waals surface area (Å²) in [5, 5.41) is 8.84. The summed E-state index contributed by atoms with van der Waals surface area (Å²) in [4.78, 5) is 38.8. The summed E-state index contributed by atoms with van der Waals surface area (Å²) < 4.78 is 14.6. The number of carbonyl (C=O) groups is 3. The van der Waals surface area contributed by atoms with Crippen molar-refractivity contribution >= 4 is 29.5 Å². The van der Waals surface area contributed by atoms with Gasteiger partial charge in [-0.15, -0.1) is 0 Å². The van der Waals surface area contributed by atoms with Crippen LogP contribution in [-0.4, -0.2) is 54.9 Å². The second-order valence-corrected chi connectivity index (χ2v) is 5.91. The molecule has 0 saturated carbocycles. The normalized spacial score (nSPS) is 10.4. The molecule has 0 aliphatic heterocycles. The monoisotopic (exact) mass is 410 g/mol. The molecule has 2 rings (SSSR count). The predicted molar refractivity (Wildman–Crippen MR) is 97.4 cm³/mol. The SMILES string of the molecule is COCCNC(=O)NC(=O)COC(=O)CCc1nc(-c2ccc(Cl)cc2)no1. The first-order valence-corrected chi connectivity index (χ1v) is 8.66.